The maximum Gasteiger partial charge on any atom is 0.210 e. The van der Waals surface area contributed by atoms with Gasteiger partial charge in [-0.1, -0.05) is 11.6 Å². The summed E-state index contributed by atoms with van der Waals surface area (Å²) in [5.74, 6) is 1.29. The zero-order valence-corrected chi connectivity index (χ0v) is 16.0. The van der Waals surface area contributed by atoms with Crippen molar-refractivity contribution in [2.45, 2.75) is 25.4 Å². The normalized spacial score (nSPS) is 19.0. The van der Waals surface area contributed by atoms with E-state index in [1.807, 2.05) is 25.1 Å². The summed E-state index contributed by atoms with van der Waals surface area (Å²) in [5.41, 5.74) is 3.45. The van der Waals surface area contributed by atoms with E-state index in [1.54, 1.807) is 36.0 Å². The molecular weight excluding hydrogens is 368 g/mol. The average molecular weight is 387 g/mol. The number of benzene rings is 1. The standard InChI is InChI=1S/C19H19ClN4O3/c1-11-4-12-5-16(26-2)17(27-3)6-14(12)19(23(11)10-25)15-7-18-21-8-13(20)9-24(18)22-15/h5-11,19H,4H2,1-3H3. The summed E-state index contributed by atoms with van der Waals surface area (Å²) in [7, 11) is 3.21. The summed E-state index contributed by atoms with van der Waals surface area (Å²) in [6.45, 7) is 2.02. The van der Waals surface area contributed by atoms with Gasteiger partial charge in [0.15, 0.2) is 17.1 Å². The van der Waals surface area contributed by atoms with E-state index in [-0.39, 0.29) is 12.1 Å². The first-order chi connectivity index (χ1) is 13.0. The topological polar surface area (TPSA) is 69.0 Å². The Balaban J connectivity index is 1.92. The molecule has 0 saturated carbocycles. The second-order valence-electron chi connectivity index (χ2n) is 6.56. The van der Waals surface area contributed by atoms with Crippen LogP contribution in [0, 0.1) is 0 Å². The van der Waals surface area contributed by atoms with Crippen LogP contribution in [0.25, 0.3) is 5.65 Å². The third-order valence-electron chi connectivity index (χ3n) is 4.96. The fourth-order valence-electron chi connectivity index (χ4n) is 3.69. The Labute approximate surface area is 161 Å². The van der Waals surface area contributed by atoms with Crippen LogP contribution in [0.5, 0.6) is 11.5 Å². The smallest absolute Gasteiger partial charge is 0.210 e. The highest BCUT2D eigenvalue weighted by Crippen LogP contribution is 2.41. The summed E-state index contributed by atoms with van der Waals surface area (Å²) in [5, 5.41) is 5.12. The zero-order valence-electron chi connectivity index (χ0n) is 15.2. The minimum Gasteiger partial charge on any atom is -0.493 e. The fraction of sp³-hybridized carbons (Fsp3) is 0.316. The van der Waals surface area contributed by atoms with Gasteiger partial charge in [-0.25, -0.2) is 9.50 Å². The van der Waals surface area contributed by atoms with Gasteiger partial charge < -0.3 is 14.4 Å². The molecule has 0 fully saturated rings. The molecule has 140 valence electrons. The first kappa shape index (κ1) is 17.6. The Morgan fingerprint density at radius 1 is 1.22 bits per heavy atom. The zero-order chi connectivity index (χ0) is 19.1. The lowest BCUT2D eigenvalue weighted by Gasteiger charge is -2.39. The number of carbonyl (C=O) groups is 1. The highest BCUT2D eigenvalue weighted by Gasteiger charge is 2.35. The number of methoxy groups -OCH3 is 2. The molecule has 1 aliphatic rings. The molecule has 0 aliphatic carbocycles. The predicted molar refractivity (Wildman–Crippen MR) is 100 cm³/mol. The number of amides is 1. The van der Waals surface area contributed by atoms with E-state index < -0.39 is 0 Å². The molecule has 2 aromatic heterocycles. The first-order valence-electron chi connectivity index (χ1n) is 8.54. The molecule has 27 heavy (non-hydrogen) atoms. The quantitative estimate of drug-likeness (QED) is 0.645. The van der Waals surface area contributed by atoms with Crippen LogP contribution in [0.4, 0.5) is 0 Å². The Morgan fingerprint density at radius 2 is 1.96 bits per heavy atom. The molecule has 0 saturated heterocycles. The summed E-state index contributed by atoms with van der Waals surface area (Å²) in [6.07, 6.45) is 4.87. The second kappa shape index (κ2) is 6.74. The molecule has 3 aromatic rings. The van der Waals surface area contributed by atoms with Crippen LogP contribution in [-0.4, -0.2) is 46.2 Å². The van der Waals surface area contributed by atoms with Crippen molar-refractivity contribution in [3.63, 3.8) is 0 Å². The monoisotopic (exact) mass is 386 g/mol. The fourth-order valence-corrected chi connectivity index (χ4v) is 3.83. The van der Waals surface area contributed by atoms with Crippen molar-refractivity contribution >= 4 is 23.7 Å². The SMILES string of the molecule is COc1cc2c(cc1OC)C(c1cc3ncc(Cl)cn3n1)N(C=O)C(C)C2. The van der Waals surface area contributed by atoms with Gasteiger partial charge in [-0.05, 0) is 36.6 Å². The van der Waals surface area contributed by atoms with Gasteiger partial charge in [0.05, 0.1) is 31.1 Å². The number of hydrogen-bond acceptors (Lipinski definition) is 5. The van der Waals surface area contributed by atoms with E-state index in [0.717, 1.165) is 29.7 Å². The Hall–Kier alpha value is -2.80. The van der Waals surface area contributed by atoms with Crippen molar-refractivity contribution < 1.29 is 14.3 Å². The van der Waals surface area contributed by atoms with Crippen LogP contribution in [0.1, 0.15) is 29.8 Å². The van der Waals surface area contributed by atoms with Gasteiger partial charge in [-0.15, -0.1) is 0 Å². The molecule has 0 spiro atoms. The van der Waals surface area contributed by atoms with E-state index in [0.29, 0.717) is 22.2 Å². The van der Waals surface area contributed by atoms with Gasteiger partial charge in [0.25, 0.3) is 0 Å². The number of hydrogen-bond donors (Lipinski definition) is 0. The van der Waals surface area contributed by atoms with Crippen LogP contribution in [0.3, 0.4) is 0 Å². The van der Waals surface area contributed by atoms with Crippen molar-refractivity contribution in [3.8, 4) is 11.5 Å². The van der Waals surface area contributed by atoms with Crippen molar-refractivity contribution in [2.75, 3.05) is 14.2 Å². The summed E-state index contributed by atoms with van der Waals surface area (Å²) < 4.78 is 12.5. The lowest BCUT2D eigenvalue weighted by molar-refractivity contribution is -0.122. The van der Waals surface area contributed by atoms with Gasteiger partial charge in [0.2, 0.25) is 6.41 Å². The van der Waals surface area contributed by atoms with E-state index in [2.05, 4.69) is 10.1 Å². The van der Waals surface area contributed by atoms with Gasteiger partial charge in [0.1, 0.15) is 6.04 Å². The van der Waals surface area contributed by atoms with Crippen molar-refractivity contribution in [2.24, 2.45) is 0 Å². The van der Waals surface area contributed by atoms with Gasteiger partial charge in [-0.2, -0.15) is 5.10 Å². The van der Waals surface area contributed by atoms with E-state index in [9.17, 15) is 4.79 Å². The number of rotatable bonds is 4. The van der Waals surface area contributed by atoms with Crippen LogP contribution in [0.2, 0.25) is 5.02 Å². The minimum atomic E-state index is -0.346. The number of carbonyl (C=O) groups excluding carboxylic acids is 1. The summed E-state index contributed by atoms with van der Waals surface area (Å²) in [6, 6.07) is 5.44. The van der Waals surface area contributed by atoms with E-state index in [4.69, 9.17) is 21.1 Å². The average Bonchev–Trinajstić information content (AvgIpc) is 3.08. The third-order valence-corrected chi connectivity index (χ3v) is 5.16. The third kappa shape index (κ3) is 2.88. The van der Waals surface area contributed by atoms with Crippen LogP contribution in [0.15, 0.2) is 30.6 Å². The molecule has 1 aromatic carbocycles. The lowest BCUT2D eigenvalue weighted by Crippen LogP contribution is -2.41. The molecule has 0 radical (unpaired) electrons. The Kier molecular flexibility index (Phi) is 4.39. The highest BCUT2D eigenvalue weighted by molar-refractivity contribution is 6.30. The number of aromatic nitrogens is 3. The largest absolute Gasteiger partial charge is 0.493 e. The number of fused-ring (bicyclic) bond motifs is 2. The van der Waals surface area contributed by atoms with E-state index >= 15 is 0 Å². The number of ether oxygens (including phenoxy) is 2. The molecule has 7 nitrogen and oxygen atoms in total. The Morgan fingerprint density at radius 3 is 2.67 bits per heavy atom. The molecule has 4 rings (SSSR count). The molecule has 2 atom stereocenters. The van der Waals surface area contributed by atoms with Crippen molar-refractivity contribution in [3.05, 3.63) is 52.4 Å². The molecule has 0 N–H and O–H groups in total. The maximum absolute atomic E-state index is 11.9. The second-order valence-corrected chi connectivity index (χ2v) is 6.99. The lowest BCUT2D eigenvalue weighted by atomic mass is 9.87. The molecule has 0 bridgehead atoms. The van der Waals surface area contributed by atoms with E-state index in [1.165, 1.54) is 0 Å². The van der Waals surface area contributed by atoms with Gasteiger partial charge >= 0.3 is 0 Å². The molecular formula is C19H19ClN4O3. The minimum absolute atomic E-state index is 0.0134. The van der Waals surface area contributed by atoms with Crippen LogP contribution < -0.4 is 9.47 Å². The molecule has 3 heterocycles. The summed E-state index contributed by atoms with van der Waals surface area (Å²) in [4.78, 5) is 18.0. The van der Waals surface area contributed by atoms with Crippen LogP contribution in [-0.2, 0) is 11.2 Å². The maximum atomic E-state index is 11.9. The molecule has 8 heteroatoms. The van der Waals surface area contributed by atoms with Crippen molar-refractivity contribution in [1.82, 2.24) is 19.5 Å². The molecule has 1 aliphatic heterocycles. The number of halogens is 1. The van der Waals surface area contributed by atoms with Crippen molar-refractivity contribution in [1.29, 1.82) is 0 Å². The van der Waals surface area contributed by atoms with Gasteiger partial charge in [-0.3, -0.25) is 4.79 Å². The predicted octanol–water partition coefficient (Wildman–Crippen LogP) is 2.89. The summed E-state index contributed by atoms with van der Waals surface area (Å²) >= 11 is 6.03. The first-order valence-corrected chi connectivity index (χ1v) is 8.92. The molecule has 1 amide bonds. The number of nitrogens with zero attached hydrogens (tertiary/aromatic N) is 4. The van der Waals surface area contributed by atoms with Crippen LogP contribution >= 0.6 is 11.6 Å². The highest BCUT2D eigenvalue weighted by atomic mass is 35.5. The Bertz CT molecular complexity index is 1020. The molecule has 2 unspecified atom stereocenters. The van der Waals surface area contributed by atoms with Gasteiger partial charge in [0, 0.05) is 18.3 Å².